The number of nitrogens with zero attached hydrogens (tertiary/aromatic N) is 3. The van der Waals surface area contributed by atoms with Gasteiger partial charge in [0.1, 0.15) is 9.79 Å². The molecular formula is C17H13N3O6S2. The molecule has 3 aromatic rings. The van der Waals surface area contributed by atoms with E-state index in [0.717, 1.165) is 12.1 Å². The molecule has 0 aliphatic heterocycles. The molecule has 0 fully saturated rings. The van der Waals surface area contributed by atoms with E-state index in [1.807, 2.05) is 0 Å². The molecule has 0 saturated carbocycles. The zero-order valence-electron chi connectivity index (χ0n) is 14.1. The molecule has 0 bridgehead atoms. The first-order valence-corrected chi connectivity index (χ1v) is 10.5. The summed E-state index contributed by atoms with van der Waals surface area (Å²) in [7, 11) is -9.35. The van der Waals surface area contributed by atoms with Crippen molar-refractivity contribution in [3.05, 3.63) is 54.6 Å². The summed E-state index contributed by atoms with van der Waals surface area (Å²) >= 11 is 0. The fraction of sp³-hybridized carbons (Fsp3) is 0. The van der Waals surface area contributed by atoms with E-state index in [0.29, 0.717) is 11.4 Å². The standard InChI is InChI=1S/C17H13N3O6S2/c1-18-11-5-7-12(8-6-11)19-20-13-9-15-14(17(10-13)28(24,25)26)3-2-4-16(15)27(21,22)23/h2-10H,1H2,(H,21,22,23)(H,24,25,26). The molecule has 28 heavy (non-hydrogen) atoms. The van der Waals surface area contributed by atoms with Crippen LogP contribution in [-0.4, -0.2) is 32.7 Å². The summed E-state index contributed by atoms with van der Waals surface area (Å²) in [5.74, 6) is 0. The first-order valence-electron chi connectivity index (χ1n) is 7.60. The molecule has 2 N–H and O–H groups in total. The molecule has 0 saturated heterocycles. The first kappa shape index (κ1) is 19.8. The summed E-state index contributed by atoms with van der Waals surface area (Å²) in [5, 5.41) is 7.64. The highest BCUT2D eigenvalue weighted by atomic mass is 32.2. The average molecular weight is 419 g/mol. The van der Waals surface area contributed by atoms with E-state index < -0.39 is 30.0 Å². The van der Waals surface area contributed by atoms with Gasteiger partial charge < -0.3 is 0 Å². The largest absolute Gasteiger partial charge is 0.295 e. The van der Waals surface area contributed by atoms with Crippen LogP contribution >= 0.6 is 0 Å². The fourth-order valence-corrected chi connectivity index (χ4v) is 3.97. The maximum Gasteiger partial charge on any atom is 0.295 e. The Morgan fingerprint density at radius 1 is 0.679 bits per heavy atom. The lowest BCUT2D eigenvalue weighted by atomic mass is 10.1. The first-order chi connectivity index (χ1) is 13.1. The van der Waals surface area contributed by atoms with Gasteiger partial charge in [0, 0.05) is 10.8 Å². The minimum absolute atomic E-state index is 0.0397. The number of hydrogen-bond acceptors (Lipinski definition) is 7. The molecule has 0 atom stereocenters. The maximum atomic E-state index is 11.8. The van der Waals surface area contributed by atoms with Crippen LogP contribution in [0.4, 0.5) is 17.1 Å². The highest BCUT2D eigenvalue weighted by Gasteiger charge is 2.21. The third-order valence-electron chi connectivity index (χ3n) is 3.77. The second kappa shape index (κ2) is 7.20. The van der Waals surface area contributed by atoms with Crippen molar-refractivity contribution in [3.8, 4) is 0 Å². The van der Waals surface area contributed by atoms with Crippen molar-refractivity contribution in [3.63, 3.8) is 0 Å². The van der Waals surface area contributed by atoms with Crippen molar-refractivity contribution in [2.24, 2.45) is 15.2 Å². The number of hydrogen-bond donors (Lipinski definition) is 2. The van der Waals surface area contributed by atoms with Crippen LogP contribution in [-0.2, 0) is 20.2 Å². The van der Waals surface area contributed by atoms with Crippen LogP contribution in [0.15, 0.2) is 79.6 Å². The molecule has 0 unspecified atom stereocenters. The maximum absolute atomic E-state index is 11.8. The molecule has 0 amide bonds. The van der Waals surface area contributed by atoms with Gasteiger partial charge >= 0.3 is 0 Å². The van der Waals surface area contributed by atoms with Crippen molar-refractivity contribution in [1.82, 2.24) is 0 Å². The average Bonchev–Trinajstić information content (AvgIpc) is 2.64. The SMILES string of the molecule is C=Nc1ccc(N=Nc2cc(S(=O)(=O)O)c3cccc(S(=O)(=O)O)c3c2)cc1. The van der Waals surface area contributed by atoms with Crippen LogP contribution in [0, 0.1) is 0 Å². The van der Waals surface area contributed by atoms with Crippen molar-refractivity contribution in [2.45, 2.75) is 9.79 Å². The van der Waals surface area contributed by atoms with Crippen molar-refractivity contribution < 1.29 is 25.9 Å². The van der Waals surface area contributed by atoms with Gasteiger partial charge in [0.25, 0.3) is 20.2 Å². The molecule has 0 aliphatic carbocycles. The molecule has 0 aromatic heterocycles. The van der Waals surface area contributed by atoms with Gasteiger partial charge in [-0.1, -0.05) is 12.1 Å². The number of fused-ring (bicyclic) bond motifs is 1. The molecule has 3 aromatic carbocycles. The molecule has 0 aliphatic rings. The van der Waals surface area contributed by atoms with E-state index in [1.54, 1.807) is 24.3 Å². The van der Waals surface area contributed by atoms with Crippen molar-refractivity contribution >= 4 is 54.8 Å². The number of benzene rings is 3. The molecule has 0 spiro atoms. The summed E-state index contributed by atoms with van der Waals surface area (Å²) in [4.78, 5) is 2.66. The summed E-state index contributed by atoms with van der Waals surface area (Å²) in [6.45, 7) is 3.39. The van der Waals surface area contributed by atoms with E-state index in [-0.39, 0.29) is 16.5 Å². The minimum Gasteiger partial charge on any atom is -0.282 e. The van der Waals surface area contributed by atoms with E-state index >= 15 is 0 Å². The van der Waals surface area contributed by atoms with Gasteiger partial charge in [-0.2, -0.15) is 27.1 Å². The van der Waals surface area contributed by atoms with Crippen LogP contribution < -0.4 is 0 Å². The monoisotopic (exact) mass is 419 g/mol. The second-order valence-corrected chi connectivity index (χ2v) is 8.40. The zero-order chi connectivity index (χ0) is 20.5. The third-order valence-corrected chi connectivity index (χ3v) is 5.58. The highest BCUT2D eigenvalue weighted by molar-refractivity contribution is 7.86. The fourth-order valence-electron chi connectivity index (χ4n) is 2.55. The Labute approximate surface area is 160 Å². The lowest BCUT2D eigenvalue weighted by molar-refractivity contribution is 0.481. The van der Waals surface area contributed by atoms with Crippen molar-refractivity contribution in [1.29, 1.82) is 0 Å². The van der Waals surface area contributed by atoms with Gasteiger partial charge in [-0.25, -0.2) is 0 Å². The van der Waals surface area contributed by atoms with E-state index in [1.165, 1.54) is 18.2 Å². The van der Waals surface area contributed by atoms with Gasteiger partial charge in [0.05, 0.1) is 17.1 Å². The lowest BCUT2D eigenvalue weighted by Gasteiger charge is -2.08. The van der Waals surface area contributed by atoms with Crippen LogP contribution in [0.3, 0.4) is 0 Å². The number of aliphatic imine (C=N–C) groups is 1. The Morgan fingerprint density at radius 3 is 1.82 bits per heavy atom. The van der Waals surface area contributed by atoms with Gasteiger partial charge in [0.2, 0.25) is 0 Å². The summed E-state index contributed by atoms with van der Waals surface area (Å²) in [6, 6.07) is 12.4. The normalized spacial score (nSPS) is 12.5. The Morgan fingerprint density at radius 2 is 1.25 bits per heavy atom. The Kier molecular flexibility index (Phi) is 5.08. The van der Waals surface area contributed by atoms with Crippen LogP contribution in [0.1, 0.15) is 0 Å². The quantitative estimate of drug-likeness (QED) is 0.362. The number of rotatable bonds is 5. The van der Waals surface area contributed by atoms with Crippen LogP contribution in [0.25, 0.3) is 10.8 Å². The zero-order valence-corrected chi connectivity index (χ0v) is 15.7. The van der Waals surface area contributed by atoms with E-state index in [4.69, 9.17) is 0 Å². The molecular weight excluding hydrogens is 406 g/mol. The van der Waals surface area contributed by atoms with Gasteiger partial charge in [0.15, 0.2) is 0 Å². The van der Waals surface area contributed by atoms with Gasteiger partial charge in [-0.05, 0) is 49.2 Å². The highest BCUT2D eigenvalue weighted by Crippen LogP contribution is 2.33. The smallest absolute Gasteiger partial charge is 0.282 e. The topological polar surface area (TPSA) is 146 Å². The lowest BCUT2D eigenvalue weighted by Crippen LogP contribution is -2.03. The van der Waals surface area contributed by atoms with E-state index in [9.17, 15) is 25.9 Å². The van der Waals surface area contributed by atoms with Crippen LogP contribution in [0.5, 0.6) is 0 Å². The van der Waals surface area contributed by atoms with Crippen LogP contribution in [0.2, 0.25) is 0 Å². The molecule has 9 nitrogen and oxygen atoms in total. The molecule has 0 heterocycles. The van der Waals surface area contributed by atoms with Gasteiger partial charge in [-0.15, -0.1) is 0 Å². The third kappa shape index (κ3) is 4.12. The predicted octanol–water partition coefficient (Wildman–Crippen LogP) is 4.08. The summed E-state index contributed by atoms with van der Waals surface area (Å²) < 4.78 is 65.7. The number of azo groups is 1. The second-order valence-electron chi connectivity index (χ2n) is 5.62. The molecule has 0 radical (unpaired) electrons. The Balaban J connectivity index is 2.22. The van der Waals surface area contributed by atoms with E-state index in [2.05, 4.69) is 21.9 Å². The van der Waals surface area contributed by atoms with Crippen molar-refractivity contribution in [2.75, 3.05) is 0 Å². The predicted molar refractivity (Wildman–Crippen MR) is 103 cm³/mol. The molecule has 3 rings (SSSR count). The van der Waals surface area contributed by atoms with Gasteiger partial charge in [-0.3, -0.25) is 14.1 Å². The molecule has 144 valence electrons. The molecule has 11 heteroatoms. The Hall–Kier alpha value is -2.99. The minimum atomic E-state index is -4.70. The summed E-state index contributed by atoms with van der Waals surface area (Å²) in [5.41, 5.74) is 1.00. The summed E-state index contributed by atoms with van der Waals surface area (Å²) in [6.07, 6.45) is 0. The Bertz CT molecular complexity index is 1320.